The Morgan fingerprint density at radius 2 is 2.11 bits per heavy atom. The molecule has 1 unspecified atom stereocenters. The molecule has 2 fully saturated rings. The topological polar surface area (TPSA) is 33.8 Å². The molecule has 1 aromatic carbocycles. The van der Waals surface area contributed by atoms with Crippen LogP contribution in [0.4, 0.5) is 5.69 Å². The van der Waals surface area contributed by atoms with E-state index in [1.165, 1.54) is 11.1 Å². The van der Waals surface area contributed by atoms with Crippen molar-refractivity contribution in [1.29, 1.82) is 0 Å². The lowest BCUT2D eigenvalue weighted by molar-refractivity contribution is 0.122. The zero-order chi connectivity index (χ0) is 12.4. The average molecular weight is 247 g/mol. The molecule has 2 aliphatic rings. The molecule has 0 bridgehead atoms. The molecule has 18 heavy (non-hydrogen) atoms. The monoisotopic (exact) mass is 247 g/mol. The Hall–Kier alpha value is -1.32. The lowest BCUT2D eigenvalue weighted by atomic mass is 9.88. The molecule has 2 saturated heterocycles. The maximum Gasteiger partial charge on any atom is 0.0981 e. The number of epoxide rings is 1. The summed E-state index contributed by atoms with van der Waals surface area (Å²) in [5, 5.41) is 3.38. The normalized spacial score (nSPS) is 27.0. The Bertz CT molecular complexity index is 428. The number of hydrogen-bond donors (Lipinski definition) is 1. The van der Waals surface area contributed by atoms with Crippen LogP contribution in [0.5, 0.6) is 0 Å². The first-order valence-corrected chi connectivity index (χ1v) is 6.54. The van der Waals surface area contributed by atoms with E-state index in [1.54, 1.807) is 0 Å². The summed E-state index contributed by atoms with van der Waals surface area (Å²) in [6.45, 7) is 7.44. The molecule has 0 amide bonds. The molecule has 0 aromatic heterocycles. The van der Waals surface area contributed by atoms with E-state index in [0.717, 1.165) is 31.9 Å². The predicted molar refractivity (Wildman–Crippen MR) is 74.1 cm³/mol. The van der Waals surface area contributed by atoms with Crippen LogP contribution in [0.3, 0.4) is 0 Å². The van der Waals surface area contributed by atoms with Crippen molar-refractivity contribution in [3.05, 3.63) is 42.0 Å². The largest absolute Gasteiger partial charge is 0.382 e. The van der Waals surface area contributed by atoms with Crippen LogP contribution in [0.25, 0.3) is 0 Å². The third-order valence-electron chi connectivity index (χ3n) is 3.58. The van der Waals surface area contributed by atoms with Crippen LogP contribution < -0.4 is 5.32 Å². The van der Waals surface area contributed by atoms with Crippen LogP contribution in [-0.2, 0) is 9.47 Å². The number of benzene rings is 1. The number of hydrogen-bond acceptors (Lipinski definition) is 3. The summed E-state index contributed by atoms with van der Waals surface area (Å²) in [4.78, 5) is 0. The van der Waals surface area contributed by atoms with E-state index in [1.807, 2.05) is 0 Å². The molecule has 98 valence electrons. The summed E-state index contributed by atoms with van der Waals surface area (Å²) in [5.74, 6) is 0.458. The first-order chi connectivity index (χ1) is 8.83. The summed E-state index contributed by atoms with van der Waals surface area (Å²) in [7, 11) is 0. The van der Waals surface area contributed by atoms with Crippen molar-refractivity contribution in [3.63, 3.8) is 0 Å². The average Bonchev–Trinajstić information content (AvgIpc) is 3.22. The third-order valence-corrected chi connectivity index (χ3v) is 3.58. The van der Waals surface area contributed by atoms with Crippen molar-refractivity contribution >= 4 is 5.69 Å². The minimum absolute atomic E-state index is 0. The summed E-state index contributed by atoms with van der Waals surface area (Å²) >= 11 is 0. The molecule has 3 heteroatoms. The van der Waals surface area contributed by atoms with Gasteiger partial charge in [-0.15, -0.1) is 0 Å². The van der Waals surface area contributed by atoms with Gasteiger partial charge in [-0.2, -0.15) is 0 Å². The van der Waals surface area contributed by atoms with Crippen LogP contribution in [-0.4, -0.2) is 32.5 Å². The highest BCUT2D eigenvalue weighted by atomic mass is 16.6. The van der Waals surface area contributed by atoms with Gasteiger partial charge in [0.1, 0.15) is 0 Å². The second kappa shape index (κ2) is 5.12. The molecule has 3 nitrogen and oxygen atoms in total. The van der Waals surface area contributed by atoms with Gasteiger partial charge in [0, 0.05) is 26.2 Å². The van der Waals surface area contributed by atoms with Crippen molar-refractivity contribution in [2.75, 3.05) is 31.7 Å². The third kappa shape index (κ3) is 2.74. The van der Waals surface area contributed by atoms with Crippen molar-refractivity contribution in [1.82, 2.24) is 0 Å². The minimum Gasteiger partial charge on any atom is -0.382 e. The molecular weight excluding hydrogens is 226 g/mol. The summed E-state index contributed by atoms with van der Waals surface area (Å²) in [6, 6.07) is 8.66. The second-order valence-corrected chi connectivity index (χ2v) is 5.01. The standard InChI is InChI=1S/C15H19NO2.H2/c1-11-9-17-7-6-15(11)12-2-4-13(5-3-12)16-8-14-10-18-14;/h2-5,14-16H,1,6-10H2;1H/t14-,15?;/m1./s1. The zero-order valence-corrected chi connectivity index (χ0v) is 10.5. The molecule has 2 heterocycles. The number of anilines is 1. The molecule has 3 rings (SSSR count). The van der Waals surface area contributed by atoms with Gasteiger partial charge in [-0.05, 0) is 29.7 Å². The highest BCUT2D eigenvalue weighted by Gasteiger charge is 2.22. The van der Waals surface area contributed by atoms with Gasteiger partial charge in [-0.25, -0.2) is 0 Å². The van der Waals surface area contributed by atoms with Crippen molar-refractivity contribution < 1.29 is 10.9 Å². The van der Waals surface area contributed by atoms with E-state index in [0.29, 0.717) is 18.6 Å². The Morgan fingerprint density at radius 1 is 1.33 bits per heavy atom. The lowest BCUT2D eigenvalue weighted by Crippen LogP contribution is -2.16. The number of ether oxygens (including phenoxy) is 2. The van der Waals surface area contributed by atoms with Crippen LogP contribution in [0.15, 0.2) is 36.4 Å². The fourth-order valence-corrected chi connectivity index (χ4v) is 2.36. The van der Waals surface area contributed by atoms with Gasteiger partial charge in [0.25, 0.3) is 0 Å². The van der Waals surface area contributed by atoms with Crippen LogP contribution >= 0.6 is 0 Å². The van der Waals surface area contributed by atoms with Crippen LogP contribution in [0, 0.1) is 0 Å². The van der Waals surface area contributed by atoms with Crippen molar-refractivity contribution in [3.8, 4) is 0 Å². The van der Waals surface area contributed by atoms with Gasteiger partial charge >= 0.3 is 0 Å². The summed E-state index contributed by atoms with van der Waals surface area (Å²) < 4.78 is 10.6. The predicted octanol–water partition coefficient (Wildman–Crippen LogP) is 2.80. The Labute approximate surface area is 109 Å². The molecule has 0 radical (unpaired) electrons. The SMILES string of the molecule is C=C1COCCC1c1ccc(NC[C@@H]2CO2)cc1.[HH]. The van der Waals surface area contributed by atoms with E-state index in [2.05, 4.69) is 36.2 Å². The van der Waals surface area contributed by atoms with E-state index in [4.69, 9.17) is 9.47 Å². The summed E-state index contributed by atoms with van der Waals surface area (Å²) in [5.41, 5.74) is 3.69. The maximum atomic E-state index is 5.40. The first-order valence-electron chi connectivity index (χ1n) is 6.54. The molecule has 1 aromatic rings. The Kier molecular flexibility index (Phi) is 3.35. The highest BCUT2D eigenvalue weighted by molar-refractivity contribution is 5.46. The van der Waals surface area contributed by atoms with Gasteiger partial charge < -0.3 is 14.8 Å². The molecule has 1 N–H and O–H groups in total. The van der Waals surface area contributed by atoms with Crippen molar-refractivity contribution in [2.45, 2.75) is 18.4 Å². The van der Waals surface area contributed by atoms with E-state index in [-0.39, 0.29) is 1.43 Å². The minimum atomic E-state index is 0. The van der Waals surface area contributed by atoms with Gasteiger partial charge in [0.2, 0.25) is 0 Å². The van der Waals surface area contributed by atoms with E-state index in [9.17, 15) is 0 Å². The van der Waals surface area contributed by atoms with Gasteiger partial charge in [-0.3, -0.25) is 0 Å². The number of nitrogens with one attached hydrogen (secondary N) is 1. The first kappa shape index (κ1) is 11.8. The molecule has 2 atom stereocenters. The second-order valence-electron chi connectivity index (χ2n) is 5.01. The highest BCUT2D eigenvalue weighted by Crippen LogP contribution is 2.30. The lowest BCUT2D eigenvalue weighted by Gasteiger charge is -2.25. The van der Waals surface area contributed by atoms with E-state index >= 15 is 0 Å². The Balaban J connectivity index is 0.00000133. The van der Waals surface area contributed by atoms with Gasteiger partial charge in [0.15, 0.2) is 0 Å². The molecule has 0 spiro atoms. The number of rotatable bonds is 4. The maximum absolute atomic E-state index is 5.40. The van der Waals surface area contributed by atoms with Crippen molar-refractivity contribution in [2.24, 2.45) is 0 Å². The Morgan fingerprint density at radius 3 is 2.78 bits per heavy atom. The molecule has 0 saturated carbocycles. The van der Waals surface area contributed by atoms with E-state index < -0.39 is 0 Å². The van der Waals surface area contributed by atoms with Crippen LogP contribution in [0.2, 0.25) is 0 Å². The zero-order valence-electron chi connectivity index (χ0n) is 10.5. The summed E-state index contributed by atoms with van der Waals surface area (Å²) in [6.07, 6.45) is 1.46. The fourth-order valence-electron chi connectivity index (χ4n) is 2.36. The van der Waals surface area contributed by atoms with Gasteiger partial charge in [-0.1, -0.05) is 18.7 Å². The smallest absolute Gasteiger partial charge is 0.0981 e. The van der Waals surface area contributed by atoms with Gasteiger partial charge in [0.05, 0.1) is 19.3 Å². The molecule has 2 aliphatic heterocycles. The molecule has 0 aliphatic carbocycles. The van der Waals surface area contributed by atoms with Crippen LogP contribution in [0.1, 0.15) is 19.3 Å². The molecular formula is C15H21NO2. The fraction of sp³-hybridized carbons (Fsp3) is 0.467. The quantitative estimate of drug-likeness (QED) is 0.656.